The van der Waals surface area contributed by atoms with Crippen LogP contribution in [-0.4, -0.2) is 19.6 Å². The van der Waals surface area contributed by atoms with Gasteiger partial charge in [-0.15, -0.1) is 0 Å². The third-order valence-electron chi connectivity index (χ3n) is 5.16. The van der Waals surface area contributed by atoms with Gasteiger partial charge in [0.2, 0.25) is 0 Å². The average Bonchev–Trinajstić information content (AvgIpc) is 2.75. The standard InChI is InChI=1S/C24H25F5O3/c1-2-3-16-13-31-24(32-14-16)18-7-6-17(19(25)12-18)5-4-15-10-20(26)23(21(27)11-15)30-9-8-22(28)29/h6-12,16,22,24H,2-5,13-14H2,1H3. The molecule has 0 aliphatic carbocycles. The molecule has 0 atom stereocenters. The summed E-state index contributed by atoms with van der Waals surface area (Å²) in [4.78, 5) is 0. The smallest absolute Gasteiger partial charge is 0.260 e. The monoisotopic (exact) mass is 456 g/mol. The van der Waals surface area contributed by atoms with E-state index in [0.29, 0.717) is 42.6 Å². The number of allylic oxidation sites excluding steroid dienone is 1. The first kappa shape index (κ1) is 24.2. The zero-order valence-corrected chi connectivity index (χ0v) is 17.6. The molecule has 3 rings (SSSR count). The molecule has 2 aromatic rings. The number of halogens is 5. The molecule has 0 spiro atoms. The fourth-order valence-electron chi connectivity index (χ4n) is 3.54. The summed E-state index contributed by atoms with van der Waals surface area (Å²) < 4.78 is 82.9. The Balaban J connectivity index is 1.60. The van der Waals surface area contributed by atoms with E-state index in [4.69, 9.17) is 9.47 Å². The molecule has 0 unspecified atom stereocenters. The Labute approximate surface area is 183 Å². The van der Waals surface area contributed by atoms with Gasteiger partial charge in [-0.3, -0.25) is 0 Å². The van der Waals surface area contributed by atoms with Crippen molar-refractivity contribution in [3.63, 3.8) is 0 Å². The quantitative estimate of drug-likeness (QED) is 0.318. The first-order chi connectivity index (χ1) is 15.4. The summed E-state index contributed by atoms with van der Waals surface area (Å²) in [6.07, 6.45) is -0.0601. The van der Waals surface area contributed by atoms with Crippen LogP contribution in [0.4, 0.5) is 22.0 Å². The Morgan fingerprint density at radius 1 is 1.00 bits per heavy atom. The molecule has 32 heavy (non-hydrogen) atoms. The van der Waals surface area contributed by atoms with Gasteiger partial charge in [0.15, 0.2) is 23.7 Å². The molecule has 2 aromatic carbocycles. The highest BCUT2D eigenvalue weighted by Crippen LogP contribution is 2.29. The second-order valence-corrected chi connectivity index (χ2v) is 7.67. The zero-order chi connectivity index (χ0) is 23.1. The third kappa shape index (κ3) is 6.53. The first-order valence-corrected chi connectivity index (χ1v) is 10.5. The zero-order valence-electron chi connectivity index (χ0n) is 17.6. The van der Waals surface area contributed by atoms with Gasteiger partial charge >= 0.3 is 0 Å². The summed E-state index contributed by atoms with van der Waals surface area (Å²) >= 11 is 0. The molecular weight excluding hydrogens is 431 g/mol. The highest BCUT2D eigenvalue weighted by atomic mass is 19.3. The minimum absolute atomic E-state index is 0.173. The second kappa shape index (κ2) is 11.4. The Morgan fingerprint density at radius 3 is 2.28 bits per heavy atom. The highest BCUT2D eigenvalue weighted by Gasteiger charge is 2.23. The van der Waals surface area contributed by atoms with E-state index in [1.165, 1.54) is 6.07 Å². The number of alkyl halides is 2. The van der Waals surface area contributed by atoms with Gasteiger partial charge in [0, 0.05) is 17.6 Å². The van der Waals surface area contributed by atoms with Gasteiger partial charge in [0.1, 0.15) is 5.82 Å². The van der Waals surface area contributed by atoms with Crippen molar-refractivity contribution in [3.8, 4) is 5.75 Å². The molecule has 1 aliphatic heterocycles. The van der Waals surface area contributed by atoms with Crippen molar-refractivity contribution in [2.75, 3.05) is 13.2 Å². The van der Waals surface area contributed by atoms with Gasteiger partial charge in [0.25, 0.3) is 6.43 Å². The lowest BCUT2D eigenvalue weighted by Crippen LogP contribution is -2.27. The lowest BCUT2D eigenvalue weighted by molar-refractivity contribution is -0.206. The van der Waals surface area contributed by atoms with Gasteiger partial charge in [-0.25, -0.2) is 22.0 Å². The fraction of sp³-hybridized carbons (Fsp3) is 0.417. The van der Waals surface area contributed by atoms with Gasteiger partial charge < -0.3 is 14.2 Å². The van der Waals surface area contributed by atoms with Crippen molar-refractivity contribution >= 4 is 0 Å². The summed E-state index contributed by atoms with van der Waals surface area (Å²) in [5, 5.41) is 0. The van der Waals surface area contributed by atoms with Crippen LogP contribution >= 0.6 is 0 Å². The number of aryl methyl sites for hydroxylation is 2. The number of ether oxygens (including phenoxy) is 3. The molecule has 8 heteroatoms. The molecule has 0 aromatic heterocycles. The highest BCUT2D eigenvalue weighted by molar-refractivity contribution is 5.33. The van der Waals surface area contributed by atoms with E-state index in [-0.39, 0.29) is 18.4 Å². The lowest BCUT2D eigenvalue weighted by Gasteiger charge is -2.29. The minimum Gasteiger partial charge on any atom is -0.459 e. The predicted molar refractivity (Wildman–Crippen MR) is 109 cm³/mol. The van der Waals surface area contributed by atoms with E-state index in [1.54, 1.807) is 12.1 Å². The Morgan fingerprint density at radius 2 is 1.69 bits per heavy atom. The van der Waals surface area contributed by atoms with Crippen molar-refractivity contribution in [2.24, 2.45) is 5.92 Å². The third-order valence-corrected chi connectivity index (χ3v) is 5.16. The van der Waals surface area contributed by atoms with E-state index in [1.807, 2.05) is 0 Å². The average molecular weight is 456 g/mol. The maximum Gasteiger partial charge on any atom is 0.260 e. The van der Waals surface area contributed by atoms with E-state index >= 15 is 0 Å². The van der Waals surface area contributed by atoms with Crippen LogP contribution in [-0.2, 0) is 22.3 Å². The lowest BCUT2D eigenvalue weighted by atomic mass is 10.0. The maximum absolute atomic E-state index is 14.6. The van der Waals surface area contributed by atoms with E-state index < -0.39 is 35.9 Å². The Bertz CT molecular complexity index is 901. The van der Waals surface area contributed by atoms with Gasteiger partial charge in [0.05, 0.1) is 19.5 Å². The molecule has 1 fully saturated rings. The molecule has 1 heterocycles. The van der Waals surface area contributed by atoms with Crippen LogP contribution in [0.15, 0.2) is 42.7 Å². The minimum atomic E-state index is -2.80. The van der Waals surface area contributed by atoms with Gasteiger partial charge in [-0.1, -0.05) is 25.5 Å². The molecule has 3 nitrogen and oxygen atoms in total. The molecule has 0 saturated carbocycles. The van der Waals surface area contributed by atoms with Crippen molar-refractivity contribution in [1.82, 2.24) is 0 Å². The van der Waals surface area contributed by atoms with Crippen molar-refractivity contribution in [3.05, 3.63) is 76.8 Å². The summed E-state index contributed by atoms with van der Waals surface area (Å²) in [6.45, 7) is 3.23. The maximum atomic E-state index is 14.6. The van der Waals surface area contributed by atoms with Crippen LogP contribution in [0.25, 0.3) is 0 Å². The van der Waals surface area contributed by atoms with E-state index in [9.17, 15) is 22.0 Å². The summed E-state index contributed by atoms with van der Waals surface area (Å²) in [6, 6.07) is 6.76. The Hall–Kier alpha value is -2.45. The number of hydrogen-bond acceptors (Lipinski definition) is 3. The first-order valence-electron chi connectivity index (χ1n) is 10.5. The Kier molecular flexibility index (Phi) is 8.64. The molecule has 0 radical (unpaired) electrons. The number of benzene rings is 2. The number of rotatable bonds is 9. The SMILES string of the molecule is CCCC1COC(c2ccc(CCc3cc(F)c(OC=CC(F)F)c(F)c3)c(F)c2)OC1. The fourth-order valence-corrected chi connectivity index (χ4v) is 3.54. The normalized spacial score (nSPS) is 19.1. The van der Waals surface area contributed by atoms with Crippen LogP contribution in [0.5, 0.6) is 5.75 Å². The summed E-state index contributed by atoms with van der Waals surface area (Å²) in [5.41, 5.74) is 1.25. The van der Waals surface area contributed by atoms with Crippen molar-refractivity contribution in [2.45, 2.75) is 45.3 Å². The van der Waals surface area contributed by atoms with Crippen molar-refractivity contribution < 1.29 is 36.2 Å². The molecule has 0 bridgehead atoms. The molecule has 0 amide bonds. The second-order valence-electron chi connectivity index (χ2n) is 7.67. The van der Waals surface area contributed by atoms with Crippen LogP contribution < -0.4 is 4.74 Å². The van der Waals surface area contributed by atoms with Crippen LogP contribution in [0.3, 0.4) is 0 Å². The predicted octanol–water partition coefficient (Wildman–Crippen LogP) is 6.51. The summed E-state index contributed by atoms with van der Waals surface area (Å²) in [7, 11) is 0. The van der Waals surface area contributed by atoms with Crippen molar-refractivity contribution in [1.29, 1.82) is 0 Å². The molecule has 1 aliphatic rings. The summed E-state index contributed by atoms with van der Waals surface area (Å²) in [5.74, 6) is -2.93. The largest absolute Gasteiger partial charge is 0.459 e. The van der Waals surface area contributed by atoms with Crippen LogP contribution in [0, 0.1) is 23.4 Å². The topological polar surface area (TPSA) is 27.7 Å². The molecular formula is C24H25F5O3. The van der Waals surface area contributed by atoms with Gasteiger partial charge in [-0.2, -0.15) is 0 Å². The molecule has 1 saturated heterocycles. The van der Waals surface area contributed by atoms with Crippen LogP contribution in [0.2, 0.25) is 0 Å². The van der Waals surface area contributed by atoms with Gasteiger partial charge in [-0.05, 0) is 48.6 Å². The van der Waals surface area contributed by atoms with Crippen LogP contribution in [0.1, 0.15) is 42.7 Å². The number of hydrogen-bond donors (Lipinski definition) is 0. The van der Waals surface area contributed by atoms with E-state index in [2.05, 4.69) is 11.7 Å². The molecule has 174 valence electrons. The molecule has 0 N–H and O–H groups in total. The van der Waals surface area contributed by atoms with E-state index in [0.717, 1.165) is 25.0 Å².